The van der Waals surface area contributed by atoms with Crippen LogP contribution in [0.3, 0.4) is 0 Å². The number of hydrogen-bond donors (Lipinski definition) is 3. The highest BCUT2D eigenvalue weighted by atomic mass is 19.3. The van der Waals surface area contributed by atoms with E-state index in [4.69, 9.17) is 9.84 Å². The van der Waals surface area contributed by atoms with Crippen LogP contribution >= 0.6 is 0 Å². The second kappa shape index (κ2) is 4.51. The van der Waals surface area contributed by atoms with Crippen molar-refractivity contribution in [3.63, 3.8) is 0 Å². The second-order valence-electron chi connectivity index (χ2n) is 4.30. The Bertz CT molecular complexity index is 596. The molecule has 1 aliphatic heterocycles. The van der Waals surface area contributed by atoms with Crippen LogP contribution in [-0.4, -0.2) is 44.5 Å². The lowest BCUT2D eigenvalue weighted by molar-refractivity contribution is -0.123. The third-order valence-electron chi connectivity index (χ3n) is 2.98. The number of nitrogens with one attached hydrogen (secondary N) is 1. The second-order valence-corrected chi connectivity index (χ2v) is 4.30. The molecule has 1 fully saturated rings. The molecule has 3 atom stereocenters. The highest BCUT2D eigenvalue weighted by molar-refractivity contribution is 5.04. The Morgan fingerprint density at radius 2 is 2.16 bits per heavy atom. The van der Waals surface area contributed by atoms with Gasteiger partial charge >= 0.3 is 11.6 Å². The van der Waals surface area contributed by atoms with Gasteiger partial charge in [-0.1, -0.05) is 0 Å². The van der Waals surface area contributed by atoms with Crippen molar-refractivity contribution >= 4 is 0 Å². The average molecular weight is 278 g/mol. The number of halogens is 2. The summed E-state index contributed by atoms with van der Waals surface area (Å²) in [6.45, 7) is 0.370. The number of nitrogens with zero attached hydrogens (tertiary/aromatic N) is 1. The summed E-state index contributed by atoms with van der Waals surface area (Å²) in [5.74, 6) is -3.69. The molecule has 0 bridgehead atoms. The lowest BCUT2D eigenvalue weighted by atomic mass is 10.1. The molecule has 2 rings (SSSR count). The first-order chi connectivity index (χ1) is 8.78. The van der Waals surface area contributed by atoms with Gasteiger partial charge in [-0.25, -0.2) is 13.6 Å². The van der Waals surface area contributed by atoms with E-state index in [2.05, 4.69) is 0 Å². The predicted molar refractivity (Wildman–Crippen MR) is 58.0 cm³/mol. The number of aryl methyl sites for hydroxylation is 1. The van der Waals surface area contributed by atoms with Crippen LogP contribution < -0.4 is 11.2 Å². The van der Waals surface area contributed by atoms with Crippen molar-refractivity contribution in [1.82, 2.24) is 9.55 Å². The molecular formula is C10H12F2N2O5. The normalized spacial score (nSPS) is 29.6. The van der Waals surface area contributed by atoms with Gasteiger partial charge in [0.05, 0.1) is 6.61 Å². The van der Waals surface area contributed by atoms with Gasteiger partial charge in [-0.05, 0) is 6.92 Å². The molecule has 1 saturated heterocycles. The summed E-state index contributed by atoms with van der Waals surface area (Å²) in [6, 6.07) is 0. The van der Waals surface area contributed by atoms with Crippen molar-refractivity contribution in [2.75, 3.05) is 6.61 Å². The number of rotatable bonds is 2. The zero-order valence-corrected chi connectivity index (χ0v) is 9.84. The van der Waals surface area contributed by atoms with Gasteiger partial charge in [0.2, 0.25) is 0 Å². The van der Waals surface area contributed by atoms with Gasteiger partial charge in [0.1, 0.15) is 6.10 Å². The summed E-state index contributed by atoms with van der Waals surface area (Å²) in [6.07, 6.45) is -4.86. The minimum absolute atomic E-state index is 0.103. The van der Waals surface area contributed by atoms with E-state index < -0.39 is 42.2 Å². The Hall–Kier alpha value is -1.58. The van der Waals surface area contributed by atoms with E-state index in [1.54, 1.807) is 0 Å². The maximum absolute atomic E-state index is 13.5. The fraction of sp³-hybridized carbons (Fsp3) is 0.600. The lowest BCUT2D eigenvalue weighted by Gasteiger charge is -2.18. The van der Waals surface area contributed by atoms with E-state index in [1.807, 2.05) is 4.98 Å². The number of alkyl halides is 2. The zero-order valence-electron chi connectivity index (χ0n) is 9.84. The SMILES string of the molecule is Cc1cn([C@H]2O[C@@H](CO)C(F)(F)[C@@H]2O)c(=O)[nH]c1=O. The first kappa shape index (κ1) is 13.8. The van der Waals surface area contributed by atoms with Gasteiger partial charge in [0.25, 0.3) is 5.56 Å². The Kier molecular flexibility index (Phi) is 3.29. The molecule has 0 amide bonds. The van der Waals surface area contributed by atoms with Crippen molar-refractivity contribution in [2.24, 2.45) is 0 Å². The quantitative estimate of drug-likeness (QED) is 0.625. The first-order valence-electron chi connectivity index (χ1n) is 5.43. The van der Waals surface area contributed by atoms with Crippen molar-refractivity contribution in [3.8, 4) is 0 Å². The van der Waals surface area contributed by atoms with Crippen LogP contribution in [-0.2, 0) is 4.74 Å². The summed E-state index contributed by atoms with van der Waals surface area (Å²) >= 11 is 0. The Labute approximate surface area is 105 Å². The molecule has 1 aromatic rings. The zero-order chi connectivity index (χ0) is 14.4. The summed E-state index contributed by atoms with van der Waals surface area (Å²) in [7, 11) is 0. The highest BCUT2D eigenvalue weighted by Gasteiger charge is 2.59. The van der Waals surface area contributed by atoms with Crippen LogP contribution in [0.25, 0.3) is 0 Å². The number of hydrogen-bond acceptors (Lipinski definition) is 5. The van der Waals surface area contributed by atoms with E-state index in [0.29, 0.717) is 4.57 Å². The molecule has 0 spiro atoms. The standard InChI is InChI=1S/C10H12F2N2O5/c1-4-2-14(9(18)13-7(4)17)8-6(16)10(11,12)5(3-15)19-8/h2,5-6,8,15-16H,3H2,1H3,(H,13,17,18)/t5-,6+,8-/m0/s1. The molecule has 0 aromatic carbocycles. The van der Waals surface area contributed by atoms with Crippen molar-refractivity contribution in [2.45, 2.75) is 31.3 Å². The molecule has 106 valence electrons. The Morgan fingerprint density at radius 1 is 1.53 bits per heavy atom. The predicted octanol–water partition coefficient (Wildman–Crippen LogP) is -1.27. The van der Waals surface area contributed by atoms with Crippen molar-refractivity contribution in [3.05, 3.63) is 32.6 Å². The van der Waals surface area contributed by atoms with Crippen LogP contribution in [0.5, 0.6) is 0 Å². The van der Waals surface area contributed by atoms with E-state index in [1.165, 1.54) is 6.92 Å². The average Bonchev–Trinajstić information content (AvgIpc) is 2.56. The summed E-state index contributed by atoms with van der Waals surface area (Å²) in [4.78, 5) is 24.6. The monoisotopic (exact) mass is 278 g/mol. The Morgan fingerprint density at radius 3 is 2.68 bits per heavy atom. The molecule has 19 heavy (non-hydrogen) atoms. The van der Waals surface area contributed by atoms with Gasteiger partial charge in [-0.2, -0.15) is 0 Å². The maximum atomic E-state index is 13.5. The maximum Gasteiger partial charge on any atom is 0.330 e. The molecular weight excluding hydrogens is 266 g/mol. The third kappa shape index (κ3) is 2.09. The number of aliphatic hydroxyl groups excluding tert-OH is 2. The number of aliphatic hydroxyl groups is 2. The third-order valence-corrected chi connectivity index (χ3v) is 2.98. The molecule has 0 unspecified atom stereocenters. The van der Waals surface area contributed by atoms with E-state index in [9.17, 15) is 23.5 Å². The van der Waals surface area contributed by atoms with Crippen molar-refractivity contribution in [1.29, 1.82) is 0 Å². The largest absolute Gasteiger partial charge is 0.393 e. The van der Waals surface area contributed by atoms with Crippen LogP contribution in [0.4, 0.5) is 8.78 Å². The summed E-state index contributed by atoms with van der Waals surface area (Å²) in [5.41, 5.74) is -1.53. The molecule has 0 aliphatic carbocycles. The summed E-state index contributed by atoms with van der Waals surface area (Å²) in [5, 5.41) is 18.3. The molecule has 9 heteroatoms. The fourth-order valence-corrected chi connectivity index (χ4v) is 1.87. The molecule has 3 N–H and O–H groups in total. The smallest absolute Gasteiger partial charge is 0.330 e. The van der Waals surface area contributed by atoms with Crippen LogP contribution in [0.15, 0.2) is 15.8 Å². The molecule has 1 aromatic heterocycles. The molecule has 1 aliphatic rings. The van der Waals surface area contributed by atoms with Crippen molar-refractivity contribution < 1.29 is 23.7 Å². The van der Waals surface area contributed by atoms with Gasteiger partial charge in [0, 0.05) is 11.8 Å². The number of aromatic amines is 1. The lowest BCUT2D eigenvalue weighted by Crippen LogP contribution is -2.42. The minimum atomic E-state index is -3.69. The molecule has 0 radical (unpaired) electrons. The summed E-state index contributed by atoms with van der Waals surface area (Å²) < 4.78 is 32.5. The highest BCUT2D eigenvalue weighted by Crippen LogP contribution is 2.40. The van der Waals surface area contributed by atoms with E-state index in [0.717, 1.165) is 6.20 Å². The van der Waals surface area contributed by atoms with Gasteiger partial charge < -0.3 is 14.9 Å². The topological polar surface area (TPSA) is 105 Å². The fourth-order valence-electron chi connectivity index (χ4n) is 1.87. The first-order valence-corrected chi connectivity index (χ1v) is 5.43. The minimum Gasteiger partial charge on any atom is -0.393 e. The molecule has 2 heterocycles. The van der Waals surface area contributed by atoms with Gasteiger partial charge in [0.15, 0.2) is 12.3 Å². The van der Waals surface area contributed by atoms with Gasteiger partial charge in [-0.15, -0.1) is 0 Å². The molecule has 7 nitrogen and oxygen atoms in total. The van der Waals surface area contributed by atoms with E-state index >= 15 is 0 Å². The van der Waals surface area contributed by atoms with Gasteiger partial charge in [-0.3, -0.25) is 14.3 Å². The van der Waals surface area contributed by atoms with Crippen LogP contribution in [0, 0.1) is 6.92 Å². The molecule has 0 saturated carbocycles. The van der Waals surface area contributed by atoms with Crippen LogP contribution in [0.2, 0.25) is 0 Å². The number of ether oxygens (including phenoxy) is 1. The number of aromatic nitrogens is 2. The Balaban J connectivity index is 2.47. The van der Waals surface area contributed by atoms with E-state index in [-0.39, 0.29) is 5.56 Å². The van der Waals surface area contributed by atoms with Crippen LogP contribution in [0.1, 0.15) is 11.8 Å². The number of H-pyrrole nitrogens is 1.